The number of methoxy groups -OCH3 is 1. The zero-order valence-corrected chi connectivity index (χ0v) is 11.9. The first-order valence-electron chi connectivity index (χ1n) is 6.70. The Morgan fingerprint density at radius 2 is 2.00 bits per heavy atom. The van der Waals surface area contributed by atoms with E-state index in [9.17, 15) is 4.79 Å². The van der Waals surface area contributed by atoms with E-state index in [4.69, 9.17) is 4.74 Å². The number of rotatable bonds is 5. The summed E-state index contributed by atoms with van der Waals surface area (Å²) in [4.78, 5) is 14.4. The van der Waals surface area contributed by atoms with Crippen LogP contribution >= 0.6 is 0 Å². The molecule has 1 aliphatic rings. The van der Waals surface area contributed by atoms with Crippen LogP contribution in [0, 0.1) is 5.41 Å². The van der Waals surface area contributed by atoms with E-state index in [0.717, 1.165) is 37.2 Å². The van der Waals surface area contributed by atoms with Gasteiger partial charge in [-0.05, 0) is 44.2 Å². The Kier molecular flexibility index (Phi) is 4.10. The van der Waals surface area contributed by atoms with E-state index in [1.165, 1.54) is 0 Å². The molecule has 0 aromatic heterocycles. The molecule has 0 bridgehead atoms. The highest BCUT2D eigenvalue weighted by atomic mass is 16.5. The molecule has 1 amide bonds. The molecule has 0 saturated heterocycles. The SMILES string of the molecule is CNCC1(C(=O)N(C)c2ccc(OC)cc2)CCC1. The second-order valence-electron chi connectivity index (χ2n) is 5.23. The van der Waals surface area contributed by atoms with Crippen molar-refractivity contribution in [3.05, 3.63) is 24.3 Å². The van der Waals surface area contributed by atoms with Gasteiger partial charge in [-0.1, -0.05) is 6.42 Å². The molecule has 2 rings (SSSR count). The number of nitrogens with one attached hydrogen (secondary N) is 1. The predicted octanol–water partition coefficient (Wildman–Crippen LogP) is 2.05. The first kappa shape index (κ1) is 13.9. The van der Waals surface area contributed by atoms with Crippen LogP contribution in [0.3, 0.4) is 0 Å². The molecule has 1 aromatic rings. The summed E-state index contributed by atoms with van der Waals surface area (Å²) in [6, 6.07) is 7.60. The van der Waals surface area contributed by atoms with E-state index in [2.05, 4.69) is 5.32 Å². The van der Waals surface area contributed by atoms with E-state index in [-0.39, 0.29) is 11.3 Å². The summed E-state index contributed by atoms with van der Waals surface area (Å²) in [5.74, 6) is 1.01. The van der Waals surface area contributed by atoms with Crippen molar-refractivity contribution in [1.82, 2.24) is 5.32 Å². The molecule has 4 heteroatoms. The molecule has 1 saturated carbocycles. The fraction of sp³-hybridized carbons (Fsp3) is 0.533. The van der Waals surface area contributed by atoms with Gasteiger partial charge in [-0.2, -0.15) is 0 Å². The third-order valence-corrected chi connectivity index (χ3v) is 4.04. The molecule has 0 aliphatic heterocycles. The minimum atomic E-state index is -0.205. The van der Waals surface area contributed by atoms with Gasteiger partial charge in [0.15, 0.2) is 0 Å². The van der Waals surface area contributed by atoms with Gasteiger partial charge in [-0.15, -0.1) is 0 Å². The fourth-order valence-corrected chi connectivity index (χ4v) is 2.69. The summed E-state index contributed by atoms with van der Waals surface area (Å²) in [7, 11) is 5.39. The van der Waals surface area contributed by atoms with Gasteiger partial charge in [0.05, 0.1) is 12.5 Å². The summed E-state index contributed by atoms with van der Waals surface area (Å²) in [6.45, 7) is 0.756. The topological polar surface area (TPSA) is 41.6 Å². The van der Waals surface area contributed by atoms with Crippen molar-refractivity contribution < 1.29 is 9.53 Å². The molecule has 0 heterocycles. The van der Waals surface area contributed by atoms with Crippen LogP contribution in [-0.2, 0) is 4.79 Å². The van der Waals surface area contributed by atoms with Gasteiger partial charge >= 0.3 is 0 Å². The summed E-state index contributed by atoms with van der Waals surface area (Å²) >= 11 is 0. The number of benzene rings is 1. The van der Waals surface area contributed by atoms with Gasteiger partial charge in [-0.3, -0.25) is 4.79 Å². The van der Waals surface area contributed by atoms with E-state index in [1.54, 1.807) is 12.0 Å². The summed E-state index contributed by atoms with van der Waals surface area (Å²) < 4.78 is 5.13. The van der Waals surface area contributed by atoms with Crippen LogP contribution in [0.2, 0.25) is 0 Å². The average Bonchev–Trinajstić information content (AvgIpc) is 2.41. The Labute approximate surface area is 114 Å². The number of hydrogen-bond donors (Lipinski definition) is 1. The molecule has 1 aromatic carbocycles. The molecular weight excluding hydrogens is 240 g/mol. The molecule has 0 radical (unpaired) electrons. The number of nitrogens with zero attached hydrogens (tertiary/aromatic N) is 1. The number of carbonyl (C=O) groups is 1. The number of hydrogen-bond acceptors (Lipinski definition) is 3. The van der Waals surface area contributed by atoms with Crippen molar-refractivity contribution in [2.45, 2.75) is 19.3 Å². The first-order valence-corrected chi connectivity index (χ1v) is 6.70. The van der Waals surface area contributed by atoms with Crippen LogP contribution in [-0.4, -0.2) is 33.7 Å². The third kappa shape index (κ3) is 2.59. The average molecular weight is 262 g/mol. The number of anilines is 1. The second kappa shape index (κ2) is 5.61. The van der Waals surface area contributed by atoms with Gasteiger partial charge in [0.25, 0.3) is 0 Å². The number of amides is 1. The molecule has 0 atom stereocenters. The van der Waals surface area contributed by atoms with Gasteiger partial charge in [0.2, 0.25) is 5.91 Å². The Morgan fingerprint density at radius 3 is 2.42 bits per heavy atom. The van der Waals surface area contributed by atoms with Gasteiger partial charge < -0.3 is 15.0 Å². The van der Waals surface area contributed by atoms with Gasteiger partial charge in [0, 0.05) is 19.3 Å². The minimum Gasteiger partial charge on any atom is -0.497 e. The Morgan fingerprint density at radius 1 is 1.37 bits per heavy atom. The maximum absolute atomic E-state index is 12.6. The Bertz CT molecular complexity index is 438. The monoisotopic (exact) mass is 262 g/mol. The Balaban J connectivity index is 2.13. The normalized spacial score (nSPS) is 16.6. The summed E-state index contributed by atoms with van der Waals surface area (Å²) in [5.41, 5.74) is 0.705. The minimum absolute atomic E-state index is 0.205. The molecule has 0 unspecified atom stereocenters. The lowest BCUT2D eigenvalue weighted by Gasteiger charge is -2.42. The highest BCUT2D eigenvalue weighted by Gasteiger charge is 2.45. The van der Waals surface area contributed by atoms with Crippen molar-refractivity contribution in [3.8, 4) is 5.75 Å². The highest BCUT2D eigenvalue weighted by Crippen LogP contribution is 2.42. The first-order chi connectivity index (χ1) is 9.13. The van der Waals surface area contributed by atoms with Crippen LogP contribution in [0.15, 0.2) is 24.3 Å². The van der Waals surface area contributed by atoms with Crippen molar-refractivity contribution in [2.24, 2.45) is 5.41 Å². The second-order valence-corrected chi connectivity index (χ2v) is 5.23. The lowest BCUT2D eigenvalue weighted by atomic mass is 9.67. The van der Waals surface area contributed by atoms with Crippen LogP contribution in [0.1, 0.15) is 19.3 Å². The lowest BCUT2D eigenvalue weighted by Crippen LogP contribution is -2.51. The number of ether oxygens (including phenoxy) is 1. The zero-order valence-electron chi connectivity index (χ0n) is 11.9. The van der Waals surface area contributed by atoms with E-state index in [1.807, 2.05) is 38.4 Å². The molecule has 1 fully saturated rings. The van der Waals surface area contributed by atoms with E-state index in [0.29, 0.717) is 0 Å². The molecule has 19 heavy (non-hydrogen) atoms. The summed E-state index contributed by atoms with van der Waals surface area (Å²) in [5, 5.41) is 3.15. The molecule has 1 N–H and O–H groups in total. The smallest absolute Gasteiger partial charge is 0.234 e. The lowest BCUT2D eigenvalue weighted by molar-refractivity contribution is -0.132. The van der Waals surface area contributed by atoms with Crippen LogP contribution < -0.4 is 15.0 Å². The fourth-order valence-electron chi connectivity index (χ4n) is 2.69. The maximum atomic E-state index is 12.6. The molecule has 104 valence electrons. The van der Waals surface area contributed by atoms with Crippen LogP contribution in [0.25, 0.3) is 0 Å². The van der Waals surface area contributed by atoms with Crippen LogP contribution in [0.4, 0.5) is 5.69 Å². The van der Waals surface area contributed by atoms with Gasteiger partial charge in [-0.25, -0.2) is 0 Å². The zero-order chi connectivity index (χ0) is 13.9. The summed E-state index contributed by atoms with van der Waals surface area (Å²) in [6.07, 6.45) is 3.10. The largest absolute Gasteiger partial charge is 0.497 e. The molecule has 4 nitrogen and oxygen atoms in total. The maximum Gasteiger partial charge on any atom is 0.234 e. The van der Waals surface area contributed by atoms with E-state index >= 15 is 0 Å². The standard InChI is InChI=1S/C15H22N2O2/c1-16-11-15(9-4-10-15)14(18)17(2)12-5-7-13(19-3)8-6-12/h5-8,16H,4,9-11H2,1-3H3. The highest BCUT2D eigenvalue weighted by molar-refractivity contribution is 5.98. The quantitative estimate of drug-likeness (QED) is 0.883. The third-order valence-electron chi connectivity index (χ3n) is 4.04. The van der Waals surface area contributed by atoms with Crippen LogP contribution in [0.5, 0.6) is 5.75 Å². The van der Waals surface area contributed by atoms with Gasteiger partial charge in [0.1, 0.15) is 5.75 Å². The van der Waals surface area contributed by atoms with Crippen molar-refractivity contribution in [1.29, 1.82) is 0 Å². The Hall–Kier alpha value is -1.55. The molecule has 1 aliphatic carbocycles. The molecular formula is C15H22N2O2. The van der Waals surface area contributed by atoms with Crippen molar-refractivity contribution >= 4 is 11.6 Å². The van der Waals surface area contributed by atoms with Crippen molar-refractivity contribution in [2.75, 3.05) is 32.6 Å². The van der Waals surface area contributed by atoms with E-state index < -0.39 is 0 Å². The number of carbonyl (C=O) groups excluding carboxylic acids is 1. The molecule has 0 spiro atoms. The van der Waals surface area contributed by atoms with Crippen molar-refractivity contribution in [3.63, 3.8) is 0 Å². The predicted molar refractivity (Wildman–Crippen MR) is 76.6 cm³/mol.